The van der Waals surface area contributed by atoms with Gasteiger partial charge in [-0.3, -0.25) is 0 Å². The summed E-state index contributed by atoms with van der Waals surface area (Å²) in [6.45, 7) is 2.18. The lowest BCUT2D eigenvalue weighted by Crippen LogP contribution is -2.47. The summed E-state index contributed by atoms with van der Waals surface area (Å²) in [6, 6.07) is 5.06. The first-order chi connectivity index (χ1) is 9.69. The van der Waals surface area contributed by atoms with E-state index in [-0.39, 0.29) is 18.4 Å². The number of carbonyl (C=O) groups excluding carboxylic acids is 1. The molecule has 2 fully saturated rings. The minimum atomic E-state index is -0.310. The molecule has 1 aromatic heterocycles. The van der Waals surface area contributed by atoms with E-state index < -0.39 is 0 Å². The lowest BCUT2D eigenvalue weighted by molar-refractivity contribution is 0.0526. The highest BCUT2D eigenvalue weighted by Gasteiger charge is 2.40. The van der Waals surface area contributed by atoms with Crippen LogP contribution in [0.25, 0.3) is 0 Å². The van der Waals surface area contributed by atoms with Crippen molar-refractivity contribution < 1.29 is 9.53 Å². The molecule has 0 amide bonds. The summed E-state index contributed by atoms with van der Waals surface area (Å²) >= 11 is 0. The van der Waals surface area contributed by atoms with Crippen LogP contribution in [0, 0.1) is 0 Å². The first kappa shape index (κ1) is 16.0. The molecule has 116 valence electrons. The highest BCUT2D eigenvalue weighted by atomic mass is 35.5. The van der Waals surface area contributed by atoms with Gasteiger partial charge in [0.15, 0.2) is 0 Å². The average Bonchev–Trinajstić information content (AvgIpc) is 2.71. The molecular weight excluding hydrogens is 290 g/mol. The number of carbonyl (C=O) groups is 1. The van der Waals surface area contributed by atoms with Gasteiger partial charge in [0.1, 0.15) is 5.82 Å². The zero-order valence-electron chi connectivity index (χ0n) is 12.2. The lowest BCUT2D eigenvalue weighted by atomic mass is 9.98. The van der Waals surface area contributed by atoms with Crippen molar-refractivity contribution in [3.05, 3.63) is 23.9 Å². The van der Waals surface area contributed by atoms with Gasteiger partial charge in [0, 0.05) is 24.3 Å². The van der Waals surface area contributed by atoms with E-state index in [4.69, 9.17) is 10.5 Å². The molecule has 3 atom stereocenters. The van der Waals surface area contributed by atoms with Gasteiger partial charge in [-0.1, -0.05) is 0 Å². The molecule has 0 saturated carbocycles. The number of fused-ring (bicyclic) bond motifs is 2. The molecule has 1 aromatic rings. The van der Waals surface area contributed by atoms with Crippen LogP contribution >= 0.6 is 12.4 Å². The van der Waals surface area contributed by atoms with Crippen LogP contribution in [0.15, 0.2) is 18.3 Å². The van der Waals surface area contributed by atoms with Crippen molar-refractivity contribution in [3.63, 3.8) is 0 Å². The molecule has 3 rings (SSSR count). The number of nitrogens with two attached hydrogens (primary N) is 1. The Bertz CT molecular complexity index is 480. The van der Waals surface area contributed by atoms with E-state index in [1.165, 1.54) is 12.8 Å². The summed E-state index contributed by atoms with van der Waals surface area (Å²) in [7, 11) is 0. The maximum Gasteiger partial charge on any atom is 0.339 e. The quantitative estimate of drug-likeness (QED) is 0.866. The Morgan fingerprint density at radius 3 is 2.57 bits per heavy atom. The molecular formula is C15H22ClN3O2. The number of halogens is 1. The maximum atomic E-state index is 11.6. The Labute approximate surface area is 131 Å². The van der Waals surface area contributed by atoms with Crippen LogP contribution in [-0.2, 0) is 4.74 Å². The molecule has 2 bridgehead atoms. The van der Waals surface area contributed by atoms with Gasteiger partial charge < -0.3 is 15.4 Å². The lowest BCUT2D eigenvalue weighted by Gasteiger charge is -2.38. The van der Waals surface area contributed by atoms with Crippen molar-refractivity contribution in [2.45, 2.75) is 50.7 Å². The number of hydrogen-bond acceptors (Lipinski definition) is 5. The van der Waals surface area contributed by atoms with Crippen LogP contribution in [0.2, 0.25) is 0 Å². The van der Waals surface area contributed by atoms with Crippen molar-refractivity contribution in [2.75, 3.05) is 11.5 Å². The van der Waals surface area contributed by atoms with Gasteiger partial charge in [0.2, 0.25) is 0 Å². The standard InChI is InChI=1S/C15H21N3O2.ClH/c1-2-20-15(19)10-3-6-14(17-9-10)18-12-4-5-13(18)8-11(16)7-12;/h3,6,9,11-13H,2,4-5,7-8,16H2,1H3;1H/t11?,12-,13+;. The van der Waals surface area contributed by atoms with Crippen molar-refractivity contribution in [1.82, 2.24) is 4.98 Å². The van der Waals surface area contributed by atoms with Crippen molar-refractivity contribution >= 4 is 24.2 Å². The van der Waals surface area contributed by atoms with Crippen molar-refractivity contribution in [1.29, 1.82) is 0 Å². The summed E-state index contributed by atoms with van der Waals surface area (Å²) in [4.78, 5) is 18.5. The Morgan fingerprint density at radius 2 is 2.05 bits per heavy atom. The normalized spacial score (nSPS) is 27.1. The second-order valence-corrected chi connectivity index (χ2v) is 5.65. The fourth-order valence-corrected chi connectivity index (χ4v) is 3.47. The SMILES string of the molecule is CCOC(=O)c1ccc(N2[C@@H]3CC[C@H]2CC(N)C3)nc1.Cl. The van der Waals surface area contributed by atoms with Crippen LogP contribution in [0.1, 0.15) is 43.0 Å². The number of anilines is 1. The highest BCUT2D eigenvalue weighted by Crippen LogP contribution is 2.37. The molecule has 21 heavy (non-hydrogen) atoms. The highest BCUT2D eigenvalue weighted by molar-refractivity contribution is 5.89. The molecule has 6 heteroatoms. The van der Waals surface area contributed by atoms with Gasteiger partial charge in [0.05, 0.1) is 12.2 Å². The fourth-order valence-electron chi connectivity index (χ4n) is 3.47. The number of aromatic nitrogens is 1. The van der Waals surface area contributed by atoms with Gasteiger partial charge in [-0.15, -0.1) is 12.4 Å². The van der Waals surface area contributed by atoms with Crippen molar-refractivity contribution in [2.24, 2.45) is 5.73 Å². The van der Waals surface area contributed by atoms with Gasteiger partial charge in [-0.2, -0.15) is 0 Å². The second kappa shape index (κ2) is 6.62. The van der Waals surface area contributed by atoms with E-state index in [1.807, 2.05) is 6.07 Å². The third-order valence-electron chi connectivity index (χ3n) is 4.29. The molecule has 1 unspecified atom stereocenters. The zero-order chi connectivity index (χ0) is 14.1. The number of esters is 1. The van der Waals surface area contributed by atoms with Crippen LogP contribution in [0.3, 0.4) is 0 Å². The topological polar surface area (TPSA) is 68.5 Å². The number of nitrogens with zero attached hydrogens (tertiary/aromatic N) is 2. The number of piperidine rings is 1. The molecule has 0 aliphatic carbocycles. The Hall–Kier alpha value is -1.33. The summed E-state index contributed by atoms with van der Waals surface area (Å²) in [5.74, 6) is 0.646. The molecule has 5 nitrogen and oxygen atoms in total. The van der Waals surface area contributed by atoms with Crippen molar-refractivity contribution in [3.8, 4) is 0 Å². The largest absolute Gasteiger partial charge is 0.462 e. The first-order valence-corrected chi connectivity index (χ1v) is 7.36. The van der Waals surface area contributed by atoms with Crippen LogP contribution in [-0.4, -0.2) is 35.7 Å². The predicted molar refractivity (Wildman–Crippen MR) is 83.9 cm³/mol. The van der Waals surface area contributed by atoms with E-state index in [1.54, 1.807) is 19.2 Å². The first-order valence-electron chi connectivity index (χ1n) is 7.36. The molecule has 0 spiro atoms. The number of rotatable bonds is 3. The van der Waals surface area contributed by atoms with Gasteiger partial charge in [-0.05, 0) is 44.7 Å². The maximum absolute atomic E-state index is 11.6. The molecule has 2 aliphatic heterocycles. The van der Waals surface area contributed by atoms with E-state index in [0.717, 1.165) is 18.7 Å². The molecule has 2 saturated heterocycles. The van der Waals surface area contributed by atoms with E-state index in [0.29, 0.717) is 30.3 Å². The molecule has 0 aromatic carbocycles. The second-order valence-electron chi connectivity index (χ2n) is 5.65. The van der Waals surface area contributed by atoms with E-state index in [9.17, 15) is 4.79 Å². The summed E-state index contributed by atoms with van der Waals surface area (Å²) in [6.07, 6.45) is 6.08. The molecule has 2 aliphatic rings. The Kier molecular flexibility index (Phi) is 5.06. The Balaban J connectivity index is 0.00000161. The fraction of sp³-hybridized carbons (Fsp3) is 0.600. The van der Waals surface area contributed by atoms with E-state index >= 15 is 0 Å². The number of hydrogen-bond donors (Lipinski definition) is 1. The summed E-state index contributed by atoms with van der Waals surface area (Å²) < 4.78 is 4.97. The minimum Gasteiger partial charge on any atom is -0.462 e. The molecule has 3 heterocycles. The third kappa shape index (κ3) is 3.14. The number of pyridine rings is 1. The Morgan fingerprint density at radius 1 is 1.38 bits per heavy atom. The average molecular weight is 312 g/mol. The summed E-state index contributed by atoms with van der Waals surface area (Å²) in [5, 5.41) is 0. The van der Waals surface area contributed by atoms with Crippen LogP contribution < -0.4 is 10.6 Å². The van der Waals surface area contributed by atoms with Crippen LogP contribution in [0.4, 0.5) is 5.82 Å². The smallest absolute Gasteiger partial charge is 0.339 e. The van der Waals surface area contributed by atoms with E-state index in [2.05, 4.69) is 9.88 Å². The van der Waals surface area contributed by atoms with Gasteiger partial charge in [0.25, 0.3) is 0 Å². The third-order valence-corrected chi connectivity index (χ3v) is 4.29. The van der Waals surface area contributed by atoms with Gasteiger partial charge >= 0.3 is 5.97 Å². The summed E-state index contributed by atoms with van der Waals surface area (Å²) in [5.41, 5.74) is 6.60. The van der Waals surface area contributed by atoms with Gasteiger partial charge in [-0.25, -0.2) is 9.78 Å². The predicted octanol–water partition coefficient (Wildman–Crippen LogP) is 2.14. The zero-order valence-corrected chi connectivity index (χ0v) is 13.0. The monoisotopic (exact) mass is 311 g/mol. The van der Waals surface area contributed by atoms with Crippen LogP contribution in [0.5, 0.6) is 0 Å². The molecule has 2 N–H and O–H groups in total. The number of ether oxygens (including phenoxy) is 1. The minimum absolute atomic E-state index is 0. The molecule has 0 radical (unpaired) electrons.